The van der Waals surface area contributed by atoms with Gasteiger partial charge < -0.3 is 0 Å². The fourth-order valence-corrected chi connectivity index (χ4v) is 13.7. The molecular weight excluding hydrogens is 789 g/mol. The van der Waals surface area contributed by atoms with E-state index in [2.05, 4.69) is 12.1 Å². The van der Waals surface area contributed by atoms with Gasteiger partial charge in [0, 0.05) is 32.0 Å². The number of hydrogen-bond acceptors (Lipinski definition) is 6. The average Bonchev–Trinajstić information content (AvgIpc) is 3.27. The third-order valence-corrected chi connectivity index (χ3v) is 16.8. The third kappa shape index (κ3) is 5.51. The first kappa shape index (κ1) is 35.7. The van der Waals surface area contributed by atoms with Gasteiger partial charge in [0.1, 0.15) is 0 Å². The first-order valence-corrected chi connectivity index (χ1v) is 23.0. The Hall–Kier alpha value is -6.45. The number of fused-ring (bicyclic) bond motifs is 6. The van der Waals surface area contributed by atoms with Crippen LogP contribution in [0.15, 0.2) is 206 Å². The molecule has 0 saturated heterocycles. The second-order valence-electron chi connectivity index (χ2n) is 15.1. The number of rotatable bonds is 4. The van der Waals surface area contributed by atoms with E-state index in [1.165, 1.54) is 0 Å². The van der Waals surface area contributed by atoms with Crippen molar-refractivity contribution >= 4 is 51.2 Å². The first-order chi connectivity index (χ1) is 28.7. The molecular formula is C51H32O5S3. The molecule has 1 aromatic heterocycles. The summed E-state index contributed by atoms with van der Waals surface area (Å²) >= 11 is 1.58. The molecule has 2 aliphatic heterocycles. The minimum Gasteiger partial charge on any atom is -0.289 e. The maximum Gasteiger partial charge on any atom is 0.207 e. The Morgan fingerprint density at radius 3 is 1.07 bits per heavy atom. The van der Waals surface area contributed by atoms with E-state index in [9.17, 15) is 21.6 Å². The predicted molar refractivity (Wildman–Crippen MR) is 235 cm³/mol. The summed E-state index contributed by atoms with van der Waals surface area (Å²) in [6.45, 7) is 0. The lowest BCUT2D eigenvalue weighted by Gasteiger charge is -2.29. The SMILES string of the molecule is O=c1c2cc(-c3cccc(C4c5ccccc5S(=O)(=O)c5ccccc54)c3)ccc2sc2ccc(-c3cccc(C4c5ccccc5S(=O)(=O)c5ccccc54)c3)cc12. The maximum absolute atomic E-state index is 14.4. The van der Waals surface area contributed by atoms with Crippen molar-refractivity contribution in [2.75, 3.05) is 0 Å². The van der Waals surface area contributed by atoms with E-state index in [0.717, 1.165) is 65.0 Å². The molecule has 0 atom stereocenters. The molecule has 284 valence electrons. The molecule has 0 fully saturated rings. The maximum atomic E-state index is 14.4. The molecule has 11 rings (SSSR count). The van der Waals surface area contributed by atoms with Crippen molar-refractivity contribution in [3.63, 3.8) is 0 Å². The van der Waals surface area contributed by atoms with E-state index in [4.69, 9.17) is 0 Å². The van der Waals surface area contributed by atoms with Gasteiger partial charge in [-0.05, 0) is 104 Å². The molecule has 59 heavy (non-hydrogen) atoms. The molecule has 0 saturated carbocycles. The van der Waals surface area contributed by atoms with Crippen LogP contribution in [0.25, 0.3) is 42.4 Å². The fraction of sp³-hybridized carbons (Fsp3) is 0.0392. The van der Waals surface area contributed by atoms with Crippen molar-refractivity contribution in [3.8, 4) is 22.3 Å². The highest BCUT2D eigenvalue weighted by Gasteiger charge is 2.37. The lowest BCUT2D eigenvalue weighted by atomic mass is 9.83. The zero-order valence-corrected chi connectivity index (χ0v) is 33.7. The van der Waals surface area contributed by atoms with Gasteiger partial charge in [0.15, 0.2) is 5.43 Å². The number of hydrogen-bond donors (Lipinski definition) is 0. The molecule has 0 unspecified atom stereocenters. The van der Waals surface area contributed by atoms with Crippen molar-refractivity contribution in [2.24, 2.45) is 0 Å². The summed E-state index contributed by atoms with van der Waals surface area (Å²) in [4.78, 5) is 15.8. The van der Waals surface area contributed by atoms with Crippen molar-refractivity contribution in [3.05, 3.63) is 226 Å². The second kappa shape index (κ2) is 13.3. The van der Waals surface area contributed by atoms with Gasteiger partial charge in [0.05, 0.1) is 19.6 Å². The van der Waals surface area contributed by atoms with E-state index >= 15 is 0 Å². The molecule has 0 aliphatic carbocycles. The molecule has 0 bridgehead atoms. The molecule has 9 aromatic rings. The van der Waals surface area contributed by atoms with Crippen LogP contribution in [0.3, 0.4) is 0 Å². The van der Waals surface area contributed by atoms with Crippen LogP contribution in [-0.2, 0) is 19.7 Å². The monoisotopic (exact) mass is 820 g/mol. The fourth-order valence-electron chi connectivity index (χ4n) is 9.16. The van der Waals surface area contributed by atoms with Crippen LogP contribution in [0.1, 0.15) is 45.2 Å². The number of benzene rings is 8. The van der Waals surface area contributed by atoms with Gasteiger partial charge in [-0.15, -0.1) is 11.3 Å². The van der Waals surface area contributed by atoms with Gasteiger partial charge in [-0.1, -0.05) is 133 Å². The first-order valence-electron chi connectivity index (χ1n) is 19.3. The van der Waals surface area contributed by atoms with Gasteiger partial charge in [0.25, 0.3) is 0 Å². The molecule has 8 aromatic carbocycles. The standard InChI is InChI=1S/C51H32O5S3/c52-51-41-29-33(31-11-9-13-35(27-31)49-37-15-1-5-19-45(37)58(53,54)46-20-6-2-16-38(46)49)23-25-43(41)57-44-26-24-34(30-42(44)51)32-12-10-14-36(28-32)50-39-17-3-7-21-47(39)59(55,56)48-22-8-4-18-40(48)50/h1-30,49-50H. The minimum atomic E-state index is -3.66. The molecule has 0 amide bonds. The van der Waals surface area contributed by atoms with Gasteiger partial charge in [-0.3, -0.25) is 4.79 Å². The highest BCUT2D eigenvalue weighted by molar-refractivity contribution is 7.92. The summed E-state index contributed by atoms with van der Waals surface area (Å²) in [5, 5.41) is 1.26. The van der Waals surface area contributed by atoms with Crippen LogP contribution in [0.5, 0.6) is 0 Å². The molecule has 5 nitrogen and oxygen atoms in total. The lowest BCUT2D eigenvalue weighted by molar-refractivity contribution is 0.587. The van der Waals surface area contributed by atoms with E-state index in [1.54, 1.807) is 59.9 Å². The second-order valence-corrected chi connectivity index (χ2v) is 20.0. The summed E-state index contributed by atoms with van der Waals surface area (Å²) in [5.74, 6) is -0.555. The van der Waals surface area contributed by atoms with Crippen LogP contribution in [0.2, 0.25) is 0 Å². The summed E-state index contributed by atoms with van der Waals surface area (Å²) in [6, 6.07) is 57.4. The van der Waals surface area contributed by atoms with E-state index < -0.39 is 19.7 Å². The molecule has 0 spiro atoms. The van der Waals surface area contributed by atoms with Crippen LogP contribution < -0.4 is 5.43 Å². The van der Waals surface area contributed by atoms with Crippen LogP contribution in [-0.4, -0.2) is 16.8 Å². The average molecular weight is 821 g/mol. The van der Waals surface area contributed by atoms with Crippen LogP contribution >= 0.6 is 11.3 Å². The topological polar surface area (TPSA) is 85.3 Å². The smallest absolute Gasteiger partial charge is 0.207 e. The van der Waals surface area contributed by atoms with Crippen LogP contribution in [0, 0.1) is 0 Å². The predicted octanol–water partition coefficient (Wildman–Crippen LogP) is 11.4. The summed E-state index contributed by atoms with van der Waals surface area (Å²) in [6.07, 6.45) is 0. The van der Waals surface area contributed by atoms with Gasteiger partial charge in [0.2, 0.25) is 19.7 Å². The molecule has 0 radical (unpaired) electrons. The quantitative estimate of drug-likeness (QED) is 0.165. The molecule has 3 heterocycles. The van der Waals surface area contributed by atoms with E-state index in [1.807, 2.05) is 121 Å². The Balaban J connectivity index is 0.992. The molecule has 2 aliphatic rings. The van der Waals surface area contributed by atoms with Crippen molar-refractivity contribution < 1.29 is 16.8 Å². The van der Waals surface area contributed by atoms with Gasteiger partial charge in [-0.25, -0.2) is 16.8 Å². The normalized spacial score (nSPS) is 15.3. The Kier molecular flexibility index (Phi) is 8.04. The minimum absolute atomic E-state index is 0.0505. The highest BCUT2D eigenvalue weighted by atomic mass is 32.2. The summed E-state index contributed by atoms with van der Waals surface area (Å²) in [7, 11) is -7.32. The molecule has 0 N–H and O–H groups in total. The lowest BCUT2D eigenvalue weighted by Crippen LogP contribution is -2.19. The Bertz CT molecular complexity index is 3200. The third-order valence-electron chi connectivity index (χ3n) is 11.9. The van der Waals surface area contributed by atoms with Crippen molar-refractivity contribution in [1.82, 2.24) is 0 Å². The Morgan fingerprint density at radius 2 is 0.695 bits per heavy atom. The van der Waals surface area contributed by atoms with Gasteiger partial charge >= 0.3 is 0 Å². The zero-order valence-electron chi connectivity index (χ0n) is 31.2. The largest absolute Gasteiger partial charge is 0.289 e. The molecule has 8 heteroatoms. The summed E-state index contributed by atoms with van der Waals surface area (Å²) < 4.78 is 56.4. The summed E-state index contributed by atoms with van der Waals surface area (Å²) in [5.41, 5.74) is 8.54. The number of sulfone groups is 2. The van der Waals surface area contributed by atoms with E-state index in [0.29, 0.717) is 30.4 Å². The van der Waals surface area contributed by atoms with Crippen LogP contribution in [0.4, 0.5) is 0 Å². The van der Waals surface area contributed by atoms with E-state index in [-0.39, 0.29) is 17.3 Å². The zero-order chi connectivity index (χ0) is 40.0. The highest BCUT2D eigenvalue weighted by Crippen LogP contribution is 2.47. The van der Waals surface area contributed by atoms with Crippen molar-refractivity contribution in [1.29, 1.82) is 0 Å². The van der Waals surface area contributed by atoms with Gasteiger partial charge in [-0.2, -0.15) is 0 Å². The Morgan fingerprint density at radius 1 is 0.356 bits per heavy atom. The Labute approximate surface area is 345 Å². The van der Waals surface area contributed by atoms with Crippen molar-refractivity contribution in [2.45, 2.75) is 31.4 Å².